The van der Waals surface area contributed by atoms with Crippen molar-refractivity contribution in [3.05, 3.63) is 30.1 Å². The van der Waals surface area contributed by atoms with Crippen molar-refractivity contribution in [1.29, 1.82) is 0 Å². The van der Waals surface area contributed by atoms with Gasteiger partial charge in [0.2, 0.25) is 3.79 Å². The van der Waals surface area contributed by atoms with Crippen molar-refractivity contribution < 1.29 is 0 Å². The van der Waals surface area contributed by atoms with E-state index in [-0.39, 0.29) is 0 Å². The summed E-state index contributed by atoms with van der Waals surface area (Å²) in [6, 6.07) is 7.64. The van der Waals surface area contributed by atoms with Crippen molar-refractivity contribution in [3.8, 4) is 0 Å². The van der Waals surface area contributed by atoms with Crippen molar-refractivity contribution in [1.82, 2.24) is 9.55 Å². The third-order valence-electron chi connectivity index (χ3n) is 2.47. The summed E-state index contributed by atoms with van der Waals surface area (Å²) in [6.07, 6.45) is 0. The lowest BCUT2D eigenvalue weighted by molar-refractivity contribution is 0.432. The second kappa shape index (κ2) is 4.57. The molecule has 0 unspecified atom stereocenters. The van der Waals surface area contributed by atoms with E-state index in [1.54, 1.807) is 0 Å². The molecule has 0 aliphatic rings. The summed E-state index contributed by atoms with van der Waals surface area (Å²) in [5, 5.41) is 0. The van der Waals surface area contributed by atoms with Crippen molar-refractivity contribution >= 4 is 45.8 Å². The number of hydrogen-bond acceptors (Lipinski definition) is 2. The minimum atomic E-state index is -1.57. The number of para-hydroxylation sites is 2. The summed E-state index contributed by atoms with van der Waals surface area (Å²) in [5.74, 6) is 0.396. The highest BCUT2D eigenvalue weighted by Crippen LogP contribution is 2.39. The zero-order valence-electron chi connectivity index (χ0n) is 10.1. The highest BCUT2D eigenvalue weighted by Gasteiger charge is 2.31. The lowest BCUT2D eigenvalue weighted by atomic mass is 10.1. The topological polar surface area (TPSA) is 43.8 Å². The van der Waals surface area contributed by atoms with Gasteiger partial charge in [0, 0.05) is 12.1 Å². The van der Waals surface area contributed by atoms with E-state index in [1.165, 1.54) is 0 Å². The van der Waals surface area contributed by atoms with E-state index >= 15 is 0 Å². The van der Waals surface area contributed by atoms with E-state index in [9.17, 15) is 0 Å². The Morgan fingerprint density at radius 1 is 1.22 bits per heavy atom. The third-order valence-corrected chi connectivity index (χ3v) is 2.98. The first-order valence-electron chi connectivity index (χ1n) is 5.50. The van der Waals surface area contributed by atoms with Crippen LogP contribution in [0.3, 0.4) is 0 Å². The van der Waals surface area contributed by atoms with E-state index in [2.05, 4.69) is 4.98 Å². The normalized spacial score (nSPS) is 13.2. The predicted molar refractivity (Wildman–Crippen MR) is 77.2 cm³/mol. The molecular formula is C12H14Cl3N3. The van der Waals surface area contributed by atoms with Gasteiger partial charge in [0.05, 0.1) is 11.0 Å². The van der Waals surface area contributed by atoms with Crippen LogP contribution in [-0.4, -0.2) is 15.1 Å². The van der Waals surface area contributed by atoms with E-state index in [4.69, 9.17) is 40.5 Å². The second-order valence-electron chi connectivity index (χ2n) is 5.00. The molecule has 18 heavy (non-hydrogen) atoms. The maximum absolute atomic E-state index is 6.05. The van der Waals surface area contributed by atoms with Gasteiger partial charge in [-0.3, -0.25) is 0 Å². The second-order valence-corrected chi connectivity index (χ2v) is 7.28. The summed E-state index contributed by atoms with van der Waals surface area (Å²) in [5.41, 5.74) is 7.34. The molecule has 0 bridgehead atoms. The Morgan fingerprint density at radius 3 is 2.39 bits per heavy atom. The van der Waals surface area contributed by atoms with Crippen LogP contribution in [0.25, 0.3) is 11.0 Å². The SMILES string of the molecule is CC(C)(N)Cn1c(C(Cl)(Cl)Cl)nc2ccccc21. The molecule has 0 atom stereocenters. The summed E-state index contributed by atoms with van der Waals surface area (Å²) in [7, 11) is 0. The number of halogens is 3. The molecule has 98 valence electrons. The van der Waals surface area contributed by atoms with Crippen LogP contribution in [-0.2, 0) is 10.3 Å². The number of alkyl halides is 3. The van der Waals surface area contributed by atoms with Gasteiger partial charge in [-0.05, 0) is 26.0 Å². The molecule has 0 spiro atoms. The van der Waals surface area contributed by atoms with Crippen LogP contribution in [0.4, 0.5) is 0 Å². The van der Waals surface area contributed by atoms with Gasteiger partial charge >= 0.3 is 0 Å². The Hall–Kier alpha value is -0.480. The monoisotopic (exact) mass is 305 g/mol. The van der Waals surface area contributed by atoms with Crippen molar-refractivity contribution in [2.45, 2.75) is 29.7 Å². The first kappa shape index (κ1) is 13.9. The molecule has 2 N–H and O–H groups in total. The lowest BCUT2D eigenvalue weighted by Gasteiger charge is -2.23. The molecule has 3 nitrogen and oxygen atoms in total. The maximum Gasteiger partial charge on any atom is 0.248 e. The highest BCUT2D eigenvalue weighted by molar-refractivity contribution is 6.66. The number of imidazole rings is 1. The standard InChI is InChI=1S/C12H14Cl3N3/c1-11(2,16)7-18-9-6-4-3-5-8(9)17-10(18)12(13,14)15/h3-6H,7,16H2,1-2H3. The van der Waals surface area contributed by atoms with Crippen LogP contribution >= 0.6 is 34.8 Å². The fraction of sp³-hybridized carbons (Fsp3) is 0.417. The molecule has 0 radical (unpaired) electrons. The van der Waals surface area contributed by atoms with Gasteiger partial charge in [-0.25, -0.2) is 4.98 Å². The zero-order chi connectivity index (χ0) is 13.6. The molecule has 0 aliphatic carbocycles. The number of benzene rings is 1. The minimum Gasteiger partial charge on any atom is -0.324 e. The largest absolute Gasteiger partial charge is 0.324 e. The summed E-state index contributed by atoms with van der Waals surface area (Å²) < 4.78 is 0.298. The average molecular weight is 307 g/mol. The molecule has 2 rings (SSSR count). The number of nitrogens with zero attached hydrogens (tertiary/aromatic N) is 2. The predicted octanol–water partition coefficient (Wildman–Crippen LogP) is 3.60. The Labute approximate surface area is 121 Å². The number of hydrogen-bond donors (Lipinski definition) is 1. The number of fused-ring (bicyclic) bond motifs is 1. The van der Waals surface area contributed by atoms with Crippen LogP contribution in [0.5, 0.6) is 0 Å². The number of nitrogens with two attached hydrogens (primary N) is 1. The maximum atomic E-state index is 6.05. The Kier molecular flexibility index (Phi) is 3.54. The van der Waals surface area contributed by atoms with E-state index < -0.39 is 9.33 Å². The molecule has 0 saturated heterocycles. The minimum absolute atomic E-state index is 0.396. The molecule has 2 aromatic rings. The van der Waals surface area contributed by atoms with E-state index in [0.717, 1.165) is 11.0 Å². The average Bonchev–Trinajstić information content (AvgIpc) is 2.55. The summed E-state index contributed by atoms with van der Waals surface area (Å²) in [6.45, 7) is 4.37. The Balaban J connectivity index is 2.66. The zero-order valence-corrected chi connectivity index (χ0v) is 12.4. The fourth-order valence-corrected chi connectivity index (χ4v) is 2.29. The van der Waals surface area contributed by atoms with Crippen molar-refractivity contribution in [3.63, 3.8) is 0 Å². The van der Waals surface area contributed by atoms with Gasteiger partial charge in [-0.1, -0.05) is 46.9 Å². The number of aromatic nitrogens is 2. The molecule has 1 heterocycles. The first-order chi connectivity index (χ1) is 8.18. The van der Waals surface area contributed by atoms with Gasteiger partial charge in [-0.15, -0.1) is 0 Å². The molecule has 0 aliphatic heterocycles. The highest BCUT2D eigenvalue weighted by atomic mass is 35.6. The molecule has 0 saturated carbocycles. The first-order valence-corrected chi connectivity index (χ1v) is 6.63. The van der Waals surface area contributed by atoms with Gasteiger partial charge < -0.3 is 10.3 Å². The van der Waals surface area contributed by atoms with Gasteiger partial charge in [0.15, 0.2) is 5.82 Å². The Morgan fingerprint density at radius 2 is 1.83 bits per heavy atom. The van der Waals surface area contributed by atoms with Gasteiger partial charge in [0.25, 0.3) is 0 Å². The quantitative estimate of drug-likeness (QED) is 0.862. The van der Waals surface area contributed by atoms with Crippen molar-refractivity contribution in [2.24, 2.45) is 5.73 Å². The summed E-state index contributed by atoms with van der Waals surface area (Å²) >= 11 is 17.9. The van der Waals surface area contributed by atoms with Crippen molar-refractivity contribution in [2.75, 3.05) is 0 Å². The fourth-order valence-electron chi connectivity index (χ4n) is 1.86. The van der Waals surface area contributed by atoms with Crippen LogP contribution in [0.2, 0.25) is 0 Å². The Bertz CT molecular complexity index is 564. The van der Waals surface area contributed by atoms with E-state index in [1.807, 2.05) is 42.7 Å². The molecule has 6 heteroatoms. The molecule has 1 aromatic heterocycles. The molecule has 1 aromatic carbocycles. The number of rotatable bonds is 2. The van der Waals surface area contributed by atoms with Gasteiger partial charge in [0.1, 0.15) is 0 Å². The van der Waals surface area contributed by atoms with Crippen LogP contribution in [0.1, 0.15) is 19.7 Å². The van der Waals surface area contributed by atoms with Crippen LogP contribution in [0.15, 0.2) is 24.3 Å². The van der Waals surface area contributed by atoms with Gasteiger partial charge in [-0.2, -0.15) is 0 Å². The molecule has 0 amide bonds. The van der Waals surface area contributed by atoms with Crippen LogP contribution in [0, 0.1) is 0 Å². The van der Waals surface area contributed by atoms with Crippen LogP contribution < -0.4 is 5.73 Å². The third kappa shape index (κ3) is 2.91. The van der Waals surface area contributed by atoms with E-state index in [0.29, 0.717) is 12.4 Å². The smallest absolute Gasteiger partial charge is 0.248 e. The summed E-state index contributed by atoms with van der Waals surface area (Å²) in [4.78, 5) is 4.38. The molecule has 0 fully saturated rings. The lowest BCUT2D eigenvalue weighted by Crippen LogP contribution is -2.38. The molecular weight excluding hydrogens is 293 g/mol.